The molecule has 5 aromatic heterocycles. The number of alkyl halides is 2. The number of aromatic nitrogens is 7. The van der Waals surface area contributed by atoms with Gasteiger partial charge in [-0.05, 0) is 55.6 Å². The van der Waals surface area contributed by atoms with Crippen LogP contribution >= 0.6 is 0 Å². The van der Waals surface area contributed by atoms with E-state index in [0.29, 0.717) is 64.6 Å². The smallest absolute Gasteiger partial charge is 0.261 e. The van der Waals surface area contributed by atoms with Crippen LogP contribution in [-0.2, 0) is 6.54 Å². The zero-order valence-electron chi connectivity index (χ0n) is 24.8. The number of rotatable bonds is 9. The highest BCUT2D eigenvalue weighted by Gasteiger charge is 2.37. The molecular formula is C32H31F3N10. The summed E-state index contributed by atoms with van der Waals surface area (Å²) < 4.78 is 42.1. The van der Waals surface area contributed by atoms with Gasteiger partial charge >= 0.3 is 0 Å². The van der Waals surface area contributed by atoms with Crippen LogP contribution in [0.15, 0.2) is 61.3 Å². The molecule has 0 bridgehead atoms. The lowest BCUT2D eigenvalue weighted by molar-refractivity contribution is 0.0115. The van der Waals surface area contributed by atoms with Gasteiger partial charge in [-0.15, -0.1) is 0 Å². The molecule has 1 aliphatic rings. The minimum atomic E-state index is -2.64. The van der Waals surface area contributed by atoms with Gasteiger partial charge in [0, 0.05) is 79.8 Å². The van der Waals surface area contributed by atoms with E-state index in [2.05, 4.69) is 40.3 Å². The lowest BCUT2D eigenvalue weighted by Crippen LogP contribution is -2.24. The van der Waals surface area contributed by atoms with Crippen LogP contribution < -0.4 is 5.32 Å². The molecule has 0 unspecified atom stereocenters. The molecular weight excluding hydrogens is 581 g/mol. The lowest BCUT2D eigenvalue weighted by Gasteiger charge is -2.15. The van der Waals surface area contributed by atoms with Crippen LogP contribution in [-0.4, -0.2) is 91.1 Å². The number of pyridine rings is 3. The molecule has 1 aromatic carbocycles. The zero-order chi connectivity index (χ0) is 31.1. The second kappa shape index (κ2) is 11.6. The molecule has 0 aliphatic carbocycles. The summed E-state index contributed by atoms with van der Waals surface area (Å²) in [7, 11) is 3.97. The van der Waals surface area contributed by atoms with Crippen molar-refractivity contribution in [3.05, 3.63) is 72.7 Å². The van der Waals surface area contributed by atoms with Crippen LogP contribution in [0.1, 0.15) is 12.0 Å². The van der Waals surface area contributed by atoms with Crippen molar-refractivity contribution in [3.63, 3.8) is 0 Å². The van der Waals surface area contributed by atoms with Crippen molar-refractivity contribution in [3.8, 4) is 33.8 Å². The van der Waals surface area contributed by atoms with E-state index in [-0.39, 0.29) is 18.8 Å². The number of anilines is 1. The summed E-state index contributed by atoms with van der Waals surface area (Å²) in [5.74, 6) is -2.47. The highest BCUT2D eigenvalue weighted by Crippen LogP contribution is 2.34. The van der Waals surface area contributed by atoms with Gasteiger partial charge in [0.25, 0.3) is 5.92 Å². The molecule has 0 spiro atoms. The van der Waals surface area contributed by atoms with Crippen molar-refractivity contribution in [1.29, 1.82) is 0 Å². The highest BCUT2D eigenvalue weighted by molar-refractivity contribution is 5.97. The van der Waals surface area contributed by atoms with Gasteiger partial charge in [0.1, 0.15) is 11.5 Å². The Morgan fingerprint density at radius 2 is 1.82 bits per heavy atom. The Morgan fingerprint density at radius 3 is 2.64 bits per heavy atom. The van der Waals surface area contributed by atoms with E-state index in [1.54, 1.807) is 35.9 Å². The third-order valence-corrected chi connectivity index (χ3v) is 7.92. The van der Waals surface area contributed by atoms with E-state index in [4.69, 9.17) is 4.98 Å². The van der Waals surface area contributed by atoms with Crippen molar-refractivity contribution < 1.29 is 13.2 Å². The van der Waals surface area contributed by atoms with Crippen LogP contribution in [0.4, 0.5) is 18.9 Å². The number of likely N-dealkylation sites (tertiary alicyclic amines) is 1. The SMILES string of the molecule is CN(C)CCNc1cc(F)cc(-c2cncc3[nH]c(-c4[nH]nc5ncc(-c6cncc(CN7CCC(F)(F)C7)c6)cc45)nc23)c1. The normalized spacial score (nSPS) is 15.1. The van der Waals surface area contributed by atoms with E-state index >= 15 is 0 Å². The lowest BCUT2D eigenvalue weighted by atomic mass is 10.1. The zero-order valence-corrected chi connectivity index (χ0v) is 24.8. The molecule has 10 nitrogen and oxygen atoms in total. The fraction of sp³-hybridized carbons (Fsp3) is 0.281. The maximum absolute atomic E-state index is 14.7. The first kappa shape index (κ1) is 28.9. The molecule has 230 valence electrons. The Bertz CT molecular complexity index is 2000. The van der Waals surface area contributed by atoms with E-state index in [1.807, 2.05) is 32.3 Å². The van der Waals surface area contributed by atoms with Gasteiger partial charge in [-0.1, -0.05) is 0 Å². The summed E-state index contributed by atoms with van der Waals surface area (Å²) in [6.45, 7) is 1.99. The molecule has 1 aliphatic heterocycles. The predicted molar refractivity (Wildman–Crippen MR) is 167 cm³/mol. The number of hydrogen-bond donors (Lipinski definition) is 3. The first-order valence-electron chi connectivity index (χ1n) is 14.6. The number of aromatic amines is 2. The largest absolute Gasteiger partial charge is 0.384 e. The first-order chi connectivity index (χ1) is 21.7. The maximum atomic E-state index is 14.7. The molecule has 7 rings (SSSR count). The average molecular weight is 613 g/mol. The minimum absolute atomic E-state index is 0.124. The Kier molecular flexibility index (Phi) is 7.42. The number of likely N-dealkylation sites (N-methyl/N-ethyl adjacent to an activating group) is 1. The molecule has 45 heavy (non-hydrogen) atoms. The molecule has 0 amide bonds. The molecule has 3 N–H and O–H groups in total. The number of H-pyrrole nitrogens is 2. The van der Waals surface area contributed by atoms with Crippen molar-refractivity contribution in [1.82, 2.24) is 44.9 Å². The third-order valence-electron chi connectivity index (χ3n) is 7.92. The summed E-state index contributed by atoms with van der Waals surface area (Å²) in [6.07, 6.45) is 8.39. The van der Waals surface area contributed by atoms with Crippen molar-refractivity contribution in [2.45, 2.75) is 18.9 Å². The fourth-order valence-corrected chi connectivity index (χ4v) is 5.70. The predicted octanol–water partition coefficient (Wildman–Crippen LogP) is 5.58. The van der Waals surface area contributed by atoms with Crippen molar-refractivity contribution in [2.24, 2.45) is 0 Å². The standard InChI is InChI=1S/C32H31F3N10/c1-44(2)6-4-38-24-9-20(8-23(33)11-24)26-15-37-16-27-28(26)41-31(40-27)29-25-10-22(14-39-30(25)43-42-29)21-7-19(12-36-13-21)17-45-5-3-32(34,35)18-45/h7-16,38H,3-6,17-18H2,1-2H3,(H,40,41)(H,39,42,43). The average Bonchev–Trinajstić information content (AvgIpc) is 3.72. The molecule has 6 heterocycles. The van der Waals surface area contributed by atoms with Gasteiger partial charge in [0.15, 0.2) is 11.5 Å². The number of hydrogen-bond acceptors (Lipinski definition) is 8. The van der Waals surface area contributed by atoms with Crippen LogP contribution in [0.25, 0.3) is 55.8 Å². The molecule has 0 saturated carbocycles. The van der Waals surface area contributed by atoms with Crippen LogP contribution in [0.2, 0.25) is 0 Å². The minimum Gasteiger partial charge on any atom is -0.384 e. The van der Waals surface area contributed by atoms with Crippen molar-refractivity contribution in [2.75, 3.05) is 45.6 Å². The van der Waals surface area contributed by atoms with Crippen LogP contribution in [0, 0.1) is 5.82 Å². The summed E-state index contributed by atoms with van der Waals surface area (Å²) in [6, 6.07) is 8.74. The number of fused-ring (bicyclic) bond motifs is 2. The van der Waals surface area contributed by atoms with Gasteiger partial charge in [0.2, 0.25) is 0 Å². The topological polar surface area (TPSA) is 115 Å². The molecule has 0 radical (unpaired) electrons. The van der Waals surface area contributed by atoms with Gasteiger partial charge in [-0.3, -0.25) is 20.0 Å². The van der Waals surface area contributed by atoms with Gasteiger partial charge in [0.05, 0.1) is 29.2 Å². The molecule has 13 heteroatoms. The Morgan fingerprint density at radius 1 is 0.978 bits per heavy atom. The number of benzene rings is 1. The number of halogens is 3. The number of nitrogens with zero attached hydrogens (tertiary/aromatic N) is 7. The fourth-order valence-electron chi connectivity index (χ4n) is 5.70. The summed E-state index contributed by atoms with van der Waals surface area (Å²) >= 11 is 0. The number of nitrogens with one attached hydrogen (secondary N) is 3. The monoisotopic (exact) mass is 612 g/mol. The summed E-state index contributed by atoms with van der Waals surface area (Å²) in [4.78, 5) is 25.3. The summed E-state index contributed by atoms with van der Waals surface area (Å²) in [5, 5.41) is 11.4. The Hall–Kier alpha value is -4.88. The van der Waals surface area contributed by atoms with Crippen LogP contribution in [0.5, 0.6) is 0 Å². The maximum Gasteiger partial charge on any atom is 0.261 e. The second-order valence-corrected chi connectivity index (χ2v) is 11.7. The first-order valence-corrected chi connectivity index (χ1v) is 14.6. The third kappa shape index (κ3) is 6.08. The molecule has 0 atom stereocenters. The molecule has 1 saturated heterocycles. The molecule has 6 aromatic rings. The number of imidazole rings is 1. The second-order valence-electron chi connectivity index (χ2n) is 11.7. The summed E-state index contributed by atoms with van der Waals surface area (Å²) in [5.41, 5.74) is 6.96. The van der Waals surface area contributed by atoms with Gasteiger partial charge in [-0.2, -0.15) is 5.10 Å². The van der Waals surface area contributed by atoms with Crippen molar-refractivity contribution >= 4 is 27.8 Å². The Balaban J connectivity index is 1.20. The quantitative estimate of drug-likeness (QED) is 0.194. The van der Waals surface area contributed by atoms with E-state index < -0.39 is 5.92 Å². The van der Waals surface area contributed by atoms with E-state index in [1.165, 1.54) is 12.1 Å². The highest BCUT2D eigenvalue weighted by atomic mass is 19.3. The van der Waals surface area contributed by atoms with Gasteiger partial charge in [-0.25, -0.2) is 23.1 Å². The Labute approximate surface area is 256 Å². The molecule has 1 fully saturated rings. The van der Waals surface area contributed by atoms with Crippen LogP contribution in [0.3, 0.4) is 0 Å². The van der Waals surface area contributed by atoms with E-state index in [0.717, 1.165) is 28.6 Å². The van der Waals surface area contributed by atoms with E-state index in [9.17, 15) is 13.2 Å². The van der Waals surface area contributed by atoms with Gasteiger partial charge < -0.3 is 15.2 Å².